The van der Waals surface area contributed by atoms with E-state index in [4.69, 9.17) is 14.1 Å². The fraction of sp³-hybridized carbons (Fsp3) is 0.167. The molecule has 1 aromatic carbocycles. The predicted octanol–water partition coefficient (Wildman–Crippen LogP) is 5.15. The van der Waals surface area contributed by atoms with Gasteiger partial charge in [-0.15, -0.1) is 11.3 Å². The van der Waals surface area contributed by atoms with Crippen molar-refractivity contribution in [1.82, 2.24) is 14.5 Å². The molecule has 0 bridgehead atoms. The first kappa shape index (κ1) is 27.1. The highest BCUT2D eigenvalue weighted by Crippen LogP contribution is 2.37. The van der Waals surface area contributed by atoms with Gasteiger partial charge >= 0.3 is 5.97 Å². The molecule has 11 heteroatoms. The zero-order valence-electron chi connectivity index (χ0n) is 22.4. The zero-order chi connectivity index (χ0) is 28.5. The Kier molecular flexibility index (Phi) is 7.57. The molecular weight excluding hydrogens is 577 g/mol. The Balaban J connectivity index is 1.47. The Labute approximate surface area is 247 Å². The second kappa shape index (κ2) is 11.4. The van der Waals surface area contributed by atoms with Gasteiger partial charge < -0.3 is 9.15 Å². The van der Waals surface area contributed by atoms with Gasteiger partial charge in [-0.25, -0.2) is 19.8 Å². The van der Waals surface area contributed by atoms with Crippen LogP contribution in [0, 0.1) is 13.8 Å². The third-order valence-corrected chi connectivity index (χ3v) is 8.91. The number of fused-ring (bicyclic) bond motifs is 1. The molecule has 8 nitrogen and oxygen atoms in total. The van der Waals surface area contributed by atoms with Gasteiger partial charge in [0.05, 0.1) is 22.4 Å². The molecule has 5 heterocycles. The minimum Gasteiger partial charge on any atom is -0.463 e. The van der Waals surface area contributed by atoms with Crippen molar-refractivity contribution in [3.05, 3.63) is 119 Å². The summed E-state index contributed by atoms with van der Waals surface area (Å²) in [7, 11) is 0. The topological polar surface area (TPSA) is 99.6 Å². The van der Waals surface area contributed by atoms with Gasteiger partial charge in [0.2, 0.25) is 0 Å². The molecule has 1 atom stereocenters. The fourth-order valence-electron chi connectivity index (χ4n) is 4.58. The van der Waals surface area contributed by atoms with E-state index in [2.05, 4.69) is 9.97 Å². The molecule has 0 unspecified atom stereocenters. The number of aromatic nitrogens is 3. The first-order valence-electron chi connectivity index (χ1n) is 12.8. The van der Waals surface area contributed by atoms with Crippen LogP contribution in [0.15, 0.2) is 96.1 Å². The van der Waals surface area contributed by atoms with E-state index < -0.39 is 12.0 Å². The van der Waals surface area contributed by atoms with Crippen molar-refractivity contribution >= 4 is 52.2 Å². The van der Waals surface area contributed by atoms with Crippen molar-refractivity contribution in [3.8, 4) is 0 Å². The Morgan fingerprint density at radius 3 is 2.59 bits per heavy atom. The van der Waals surface area contributed by atoms with Crippen LogP contribution in [0.25, 0.3) is 11.8 Å². The molecule has 0 N–H and O–H groups in total. The number of esters is 1. The SMILES string of the molecule is CCOC(=O)C1=C(c2ccccc2)N=c2s/c(=C/c3ccc(Sc4nc(C)cc(C)n4)o3)c(=O)n2[C@@H]1c1cccs1. The van der Waals surface area contributed by atoms with Crippen LogP contribution < -0.4 is 14.9 Å². The minimum atomic E-state index is -0.674. The highest BCUT2D eigenvalue weighted by molar-refractivity contribution is 7.99. The quantitative estimate of drug-likeness (QED) is 0.188. The number of hydrogen-bond acceptors (Lipinski definition) is 10. The van der Waals surface area contributed by atoms with Gasteiger partial charge in [0.15, 0.2) is 15.1 Å². The van der Waals surface area contributed by atoms with Crippen LogP contribution in [0.3, 0.4) is 0 Å². The molecule has 0 aliphatic carbocycles. The number of ether oxygens (including phenoxy) is 1. The summed E-state index contributed by atoms with van der Waals surface area (Å²) in [6.45, 7) is 5.81. The summed E-state index contributed by atoms with van der Waals surface area (Å²) in [5.74, 6) is 0.0202. The molecule has 6 rings (SSSR count). The zero-order valence-corrected chi connectivity index (χ0v) is 24.8. The van der Waals surface area contributed by atoms with Crippen LogP contribution in [-0.2, 0) is 9.53 Å². The van der Waals surface area contributed by atoms with Gasteiger partial charge in [-0.1, -0.05) is 47.7 Å². The van der Waals surface area contributed by atoms with Crippen LogP contribution >= 0.6 is 34.4 Å². The summed E-state index contributed by atoms with van der Waals surface area (Å²) in [5.41, 5.74) is 3.11. The van der Waals surface area contributed by atoms with Crippen LogP contribution in [0.2, 0.25) is 0 Å². The predicted molar refractivity (Wildman–Crippen MR) is 160 cm³/mol. The summed E-state index contributed by atoms with van der Waals surface area (Å²) in [5, 5.41) is 3.14. The molecule has 1 aliphatic rings. The second-order valence-corrected chi connectivity index (χ2v) is 12.1. The normalized spacial score (nSPS) is 15.1. The first-order chi connectivity index (χ1) is 19.9. The number of hydrogen-bond donors (Lipinski definition) is 0. The molecule has 0 amide bonds. The molecule has 206 valence electrons. The van der Waals surface area contributed by atoms with Crippen molar-refractivity contribution in [2.45, 2.75) is 37.1 Å². The Hall–Kier alpha value is -4.06. The van der Waals surface area contributed by atoms with E-state index in [-0.39, 0.29) is 12.2 Å². The number of aryl methyl sites for hydroxylation is 2. The largest absolute Gasteiger partial charge is 0.463 e. The van der Waals surface area contributed by atoms with E-state index in [0.717, 1.165) is 21.8 Å². The second-order valence-electron chi connectivity index (χ2n) is 9.14. The van der Waals surface area contributed by atoms with Crippen molar-refractivity contribution in [1.29, 1.82) is 0 Å². The van der Waals surface area contributed by atoms with E-state index in [1.54, 1.807) is 23.6 Å². The van der Waals surface area contributed by atoms with Crippen LogP contribution in [-0.4, -0.2) is 27.1 Å². The third-order valence-electron chi connectivity index (χ3n) is 6.22. The molecule has 4 aromatic heterocycles. The molecule has 0 spiro atoms. The standard InChI is InChI=1S/C30H24N4O4S3/c1-4-37-28(36)24-25(19-9-6-5-7-10-19)33-30-34(26(24)21-11-8-14-39-21)27(35)22(40-30)16-20-12-13-23(38-20)41-29-31-17(2)15-18(3)32-29/h5-16,26H,4H2,1-3H3/b22-16+/t26-/m1/s1. The van der Waals surface area contributed by atoms with Gasteiger partial charge in [-0.2, -0.15) is 0 Å². The molecule has 5 aromatic rings. The molecule has 0 fully saturated rings. The monoisotopic (exact) mass is 600 g/mol. The van der Waals surface area contributed by atoms with Gasteiger partial charge in [0.1, 0.15) is 11.8 Å². The van der Waals surface area contributed by atoms with Crippen LogP contribution in [0.4, 0.5) is 0 Å². The lowest BCUT2D eigenvalue weighted by molar-refractivity contribution is -0.138. The Morgan fingerprint density at radius 1 is 1.10 bits per heavy atom. The Bertz CT molecular complexity index is 1930. The number of rotatable bonds is 7. The van der Waals surface area contributed by atoms with Crippen LogP contribution in [0.1, 0.15) is 40.6 Å². The summed E-state index contributed by atoms with van der Waals surface area (Å²) in [6, 6.07) is 18.2. The van der Waals surface area contributed by atoms with Crippen LogP contribution in [0.5, 0.6) is 0 Å². The maximum absolute atomic E-state index is 13.9. The summed E-state index contributed by atoms with van der Waals surface area (Å²) >= 11 is 4.05. The number of benzene rings is 1. The number of nitrogens with zero attached hydrogens (tertiary/aromatic N) is 4. The van der Waals surface area contributed by atoms with E-state index in [9.17, 15) is 9.59 Å². The van der Waals surface area contributed by atoms with Crippen molar-refractivity contribution in [3.63, 3.8) is 0 Å². The number of thiophene rings is 1. The highest BCUT2D eigenvalue weighted by Gasteiger charge is 2.35. The van der Waals surface area contributed by atoms with Gasteiger partial charge in [0.25, 0.3) is 5.56 Å². The average Bonchev–Trinajstić information content (AvgIpc) is 3.70. The maximum atomic E-state index is 13.9. The van der Waals surface area contributed by atoms with E-state index in [1.807, 2.05) is 73.8 Å². The number of carbonyl (C=O) groups is 1. The maximum Gasteiger partial charge on any atom is 0.338 e. The molecule has 0 saturated heterocycles. The average molecular weight is 601 g/mol. The Morgan fingerprint density at radius 2 is 1.88 bits per heavy atom. The lowest BCUT2D eigenvalue weighted by Gasteiger charge is -2.24. The molecule has 0 saturated carbocycles. The van der Waals surface area contributed by atoms with E-state index in [1.165, 1.54) is 34.4 Å². The first-order valence-corrected chi connectivity index (χ1v) is 15.3. The fourth-order valence-corrected chi connectivity index (χ4v) is 7.22. The summed E-state index contributed by atoms with van der Waals surface area (Å²) in [4.78, 5) is 42.4. The minimum absolute atomic E-state index is 0.206. The third kappa shape index (κ3) is 5.48. The summed E-state index contributed by atoms with van der Waals surface area (Å²) in [6.07, 6.45) is 1.71. The molecule has 0 radical (unpaired) electrons. The lowest BCUT2D eigenvalue weighted by atomic mass is 9.97. The summed E-state index contributed by atoms with van der Waals surface area (Å²) < 4.78 is 13.5. The van der Waals surface area contributed by atoms with Crippen molar-refractivity contribution in [2.75, 3.05) is 6.61 Å². The number of furan rings is 1. The molecule has 41 heavy (non-hydrogen) atoms. The number of carbonyl (C=O) groups excluding carboxylic acids is 1. The molecular formula is C30H24N4O4S3. The van der Waals surface area contributed by atoms with E-state index >= 15 is 0 Å². The molecule has 1 aliphatic heterocycles. The number of thiazole rings is 1. The van der Waals surface area contributed by atoms with Gasteiger partial charge in [-0.05, 0) is 62.2 Å². The van der Waals surface area contributed by atoms with Gasteiger partial charge in [-0.3, -0.25) is 9.36 Å². The van der Waals surface area contributed by atoms with Crippen molar-refractivity contribution < 1.29 is 13.9 Å². The van der Waals surface area contributed by atoms with E-state index in [0.29, 0.717) is 36.6 Å². The van der Waals surface area contributed by atoms with Crippen molar-refractivity contribution in [2.24, 2.45) is 4.99 Å². The van der Waals surface area contributed by atoms with Gasteiger partial charge in [0, 0.05) is 27.9 Å². The lowest BCUT2D eigenvalue weighted by Crippen LogP contribution is -2.39. The smallest absolute Gasteiger partial charge is 0.338 e. The highest BCUT2D eigenvalue weighted by atomic mass is 32.2.